The first-order chi connectivity index (χ1) is 8.04. The highest BCUT2D eigenvalue weighted by atomic mass is 127. The molecule has 0 fully saturated rings. The molecule has 0 aromatic heterocycles. The number of carbonyl (C=O) groups excluding carboxylic acids is 1. The average molecular weight is 416 g/mol. The molecule has 1 aromatic carbocycles. The van der Waals surface area contributed by atoms with Gasteiger partial charge in [-0.25, -0.2) is 4.39 Å². The Morgan fingerprint density at radius 3 is 2.94 bits per heavy atom. The van der Waals surface area contributed by atoms with Crippen molar-refractivity contribution < 1.29 is 13.9 Å². The molecular formula is C11H12BrFINO2. The van der Waals surface area contributed by atoms with Gasteiger partial charge in [-0.3, -0.25) is 4.79 Å². The molecule has 1 rings (SSSR count). The second-order valence-electron chi connectivity index (χ2n) is 3.36. The number of rotatable bonds is 5. The van der Waals surface area contributed by atoms with Crippen LogP contribution in [0.4, 0.5) is 4.39 Å². The van der Waals surface area contributed by atoms with E-state index in [-0.39, 0.29) is 15.7 Å². The van der Waals surface area contributed by atoms with Gasteiger partial charge in [0.15, 0.2) is 0 Å². The van der Waals surface area contributed by atoms with E-state index in [0.717, 1.165) is 0 Å². The molecule has 0 aliphatic rings. The number of nitrogens with one attached hydrogen (secondary N) is 1. The minimum Gasteiger partial charge on any atom is -0.468 e. The van der Waals surface area contributed by atoms with Crippen molar-refractivity contribution in [2.24, 2.45) is 0 Å². The molecule has 0 saturated carbocycles. The van der Waals surface area contributed by atoms with Crippen LogP contribution in [0.1, 0.15) is 5.56 Å². The summed E-state index contributed by atoms with van der Waals surface area (Å²) in [5.74, 6) is -0.552. The Morgan fingerprint density at radius 2 is 2.35 bits per heavy atom. The zero-order valence-corrected chi connectivity index (χ0v) is 12.9. The van der Waals surface area contributed by atoms with Crippen molar-refractivity contribution in [2.75, 3.05) is 13.7 Å². The van der Waals surface area contributed by atoms with E-state index in [2.05, 4.69) is 26.0 Å². The summed E-state index contributed by atoms with van der Waals surface area (Å²) in [5, 5.41) is 3.01. The predicted molar refractivity (Wildman–Crippen MR) is 75.6 cm³/mol. The molecule has 1 atom stereocenters. The molecule has 1 N–H and O–H groups in total. The maximum atomic E-state index is 13.4. The maximum absolute atomic E-state index is 13.4. The second kappa shape index (κ2) is 7.27. The standard InChI is InChI=1S/C11H12BrFINO2/c1-17-11(16)10(14)6-15-5-7-2-3-8(12)4-9(7)13/h2-4,10,15H,5-6H2,1H3. The van der Waals surface area contributed by atoms with Crippen LogP contribution in [0, 0.1) is 5.82 Å². The highest BCUT2D eigenvalue weighted by Crippen LogP contribution is 2.15. The summed E-state index contributed by atoms with van der Waals surface area (Å²) in [6.45, 7) is 0.832. The van der Waals surface area contributed by atoms with E-state index in [1.807, 2.05) is 22.6 Å². The molecule has 6 heteroatoms. The zero-order valence-electron chi connectivity index (χ0n) is 9.17. The van der Waals surface area contributed by atoms with Crippen molar-refractivity contribution in [1.82, 2.24) is 5.32 Å². The van der Waals surface area contributed by atoms with Gasteiger partial charge in [0.25, 0.3) is 0 Å². The highest BCUT2D eigenvalue weighted by molar-refractivity contribution is 14.1. The van der Waals surface area contributed by atoms with Gasteiger partial charge >= 0.3 is 5.97 Å². The summed E-state index contributed by atoms with van der Waals surface area (Å²) in [5.41, 5.74) is 0.571. The number of ether oxygens (including phenoxy) is 1. The van der Waals surface area contributed by atoms with Gasteiger partial charge in [-0.05, 0) is 12.1 Å². The van der Waals surface area contributed by atoms with Gasteiger partial charge in [-0.2, -0.15) is 0 Å². The van der Waals surface area contributed by atoms with E-state index in [0.29, 0.717) is 23.1 Å². The number of halogens is 3. The Labute approximate surface area is 121 Å². The highest BCUT2D eigenvalue weighted by Gasteiger charge is 2.14. The first kappa shape index (κ1) is 14.8. The molecule has 0 radical (unpaired) electrons. The van der Waals surface area contributed by atoms with Crippen LogP contribution in [0.25, 0.3) is 0 Å². The van der Waals surface area contributed by atoms with Crippen molar-refractivity contribution in [1.29, 1.82) is 0 Å². The van der Waals surface area contributed by atoms with Gasteiger partial charge in [0.2, 0.25) is 0 Å². The number of esters is 1. The summed E-state index contributed by atoms with van der Waals surface area (Å²) in [6.07, 6.45) is 0. The smallest absolute Gasteiger partial charge is 0.319 e. The van der Waals surface area contributed by atoms with Crippen molar-refractivity contribution in [3.63, 3.8) is 0 Å². The van der Waals surface area contributed by atoms with E-state index in [4.69, 9.17) is 0 Å². The van der Waals surface area contributed by atoms with E-state index in [9.17, 15) is 9.18 Å². The predicted octanol–water partition coefficient (Wildman–Crippen LogP) is 2.65. The molecule has 0 amide bonds. The first-order valence-corrected chi connectivity index (χ1v) is 6.95. The van der Waals surface area contributed by atoms with Crippen LogP contribution in [-0.4, -0.2) is 23.5 Å². The van der Waals surface area contributed by atoms with Gasteiger partial charge in [-0.1, -0.05) is 44.6 Å². The van der Waals surface area contributed by atoms with Crippen molar-refractivity contribution >= 4 is 44.5 Å². The third-order valence-electron chi connectivity index (χ3n) is 2.11. The monoisotopic (exact) mass is 415 g/mol. The molecule has 0 spiro atoms. The fraction of sp³-hybridized carbons (Fsp3) is 0.364. The molecule has 17 heavy (non-hydrogen) atoms. The van der Waals surface area contributed by atoms with Gasteiger partial charge in [0, 0.05) is 23.1 Å². The molecule has 0 heterocycles. The van der Waals surface area contributed by atoms with Gasteiger partial charge < -0.3 is 10.1 Å². The van der Waals surface area contributed by atoms with Crippen molar-refractivity contribution in [3.05, 3.63) is 34.1 Å². The van der Waals surface area contributed by atoms with Crippen LogP contribution in [0.5, 0.6) is 0 Å². The number of hydrogen-bond donors (Lipinski definition) is 1. The fourth-order valence-corrected chi connectivity index (χ4v) is 2.11. The molecule has 1 unspecified atom stereocenters. The zero-order chi connectivity index (χ0) is 12.8. The van der Waals surface area contributed by atoms with E-state index in [1.165, 1.54) is 13.2 Å². The summed E-state index contributed by atoms with van der Waals surface area (Å²) < 4.78 is 18.5. The van der Waals surface area contributed by atoms with Crippen LogP contribution in [0.15, 0.2) is 22.7 Å². The fourth-order valence-electron chi connectivity index (χ4n) is 1.21. The molecule has 94 valence electrons. The Balaban J connectivity index is 2.43. The molecule has 0 bridgehead atoms. The van der Waals surface area contributed by atoms with Crippen LogP contribution >= 0.6 is 38.5 Å². The lowest BCUT2D eigenvalue weighted by atomic mass is 10.2. The number of carbonyl (C=O) groups is 1. The normalized spacial score (nSPS) is 12.2. The Morgan fingerprint density at radius 1 is 1.65 bits per heavy atom. The Kier molecular flexibility index (Phi) is 6.35. The quantitative estimate of drug-likeness (QED) is 0.456. The van der Waals surface area contributed by atoms with Crippen molar-refractivity contribution in [3.8, 4) is 0 Å². The number of methoxy groups -OCH3 is 1. The lowest BCUT2D eigenvalue weighted by Gasteiger charge is -2.09. The molecule has 0 aliphatic carbocycles. The molecule has 0 aliphatic heterocycles. The van der Waals surface area contributed by atoms with Crippen LogP contribution in [0.3, 0.4) is 0 Å². The minimum absolute atomic E-state index is 0.267. The summed E-state index contributed by atoms with van der Waals surface area (Å²) in [4.78, 5) is 11.1. The minimum atomic E-state index is -0.283. The molecular weight excluding hydrogens is 404 g/mol. The van der Waals surface area contributed by atoms with Crippen LogP contribution in [-0.2, 0) is 16.1 Å². The number of hydrogen-bond acceptors (Lipinski definition) is 3. The van der Waals surface area contributed by atoms with Crippen LogP contribution in [0.2, 0.25) is 0 Å². The lowest BCUT2D eigenvalue weighted by Crippen LogP contribution is -2.29. The SMILES string of the molecule is COC(=O)C(I)CNCc1ccc(Br)cc1F. The van der Waals surface area contributed by atoms with Crippen molar-refractivity contribution in [2.45, 2.75) is 10.5 Å². The number of benzene rings is 1. The Bertz CT molecular complexity index is 403. The average Bonchev–Trinajstić information content (AvgIpc) is 2.30. The van der Waals surface area contributed by atoms with Gasteiger partial charge in [-0.15, -0.1) is 0 Å². The summed E-state index contributed by atoms with van der Waals surface area (Å²) in [7, 11) is 1.35. The molecule has 0 saturated heterocycles. The van der Waals surface area contributed by atoms with Gasteiger partial charge in [0.05, 0.1) is 7.11 Å². The van der Waals surface area contributed by atoms with E-state index in [1.54, 1.807) is 12.1 Å². The second-order valence-corrected chi connectivity index (χ2v) is 5.78. The largest absolute Gasteiger partial charge is 0.468 e. The third-order valence-corrected chi connectivity index (χ3v) is 3.55. The Hall–Kier alpha value is -0.210. The molecule has 3 nitrogen and oxygen atoms in total. The van der Waals surface area contributed by atoms with Crippen LogP contribution < -0.4 is 5.32 Å². The first-order valence-electron chi connectivity index (χ1n) is 4.91. The maximum Gasteiger partial charge on any atom is 0.319 e. The lowest BCUT2D eigenvalue weighted by molar-refractivity contribution is -0.139. The number of alkyl halides is 1. The van der Waals surface area contributed by atoms with E-state index >= 15 is 0 Å². The summed E-state index contributed by atoms with van der Waals surface area (Å²) >= 11 is 5.18. The topological polar surface area (TPSA) is 38.3 Å². The van der Waals surface area contributed by atoms with E-state index < -0.39 is 0 Å². The summed E-state index contributed by atoms with van der Waals surface area (Å²) in [6, 6.07) is 4.90. The van der Waals surface area contributed by atoms with Gasteiger partial charge in [0.1, 0.15) is 9.74 Å². The third kappa shape index (κ3) is 4.89. The molecule has 1 aromatic rings.